The summed E-state index contributed by atoms with van der Waals surface area (Å²) in [4.78, 5) is 10.7. The van der Waals surface area contributed by atoms with Crippen molar-refractivity contribution in [1.82, 2.24) is 0 Å². The summed E-state index contributed by atoms with van der Waals surface area (Å²) in [6.45, 7) is -0.436. The number of hydrogen-bond acceptors (Lipinski definition) is 3. The number of carbonyl (C=O) groups excluding carboxylic acids is 1. The van der Waals surface area contributed by atoms with Crippen LogP contribution in [0.4, 0.5) is 23.2 Å². The van der Waals surface area contributed by atoms with E-state index in [0.717, 1.165) is 0 Å². The van der Waals surface area contributed by atoms with Crippen molar-refractivity contribution in [3.05, 3.63) is 23.3 Å². The van der Waals surface area contributed by atoms with Crippen molar-refractivity contribution >= 4 is 11.7 Å². The second kappa shape index (κ2) is 3.11. The second-order valence-corrected chi connectivity index (χ2v) is 2.79. The van der Waals surface area contributed by atoms with E-state index >= 15 is 0 Å². The fourth-order valence-corrected chi connectivity index (χ4v) is 1.18. The first-order chi connectivity index (χ1) is 7.02. The minimum Gasteiger partial charge on any atom is -0.420 e. The number of esters is 1. The molecule has 1 N–H and O–H groups in total. The number of rotatable bonds is 0. The van der Waals surface area contributed by atoms with E-state index in [1.165, 1.54) is 0 Å². The van der Waals surface area contributed by atoms with E-state index in [-0.39, 0.29) is 0 Å². The first-order valence-corrected chi connectivity index (χ1v) is 3.83. The van der Waals surface area contributed by atoms with Gasteiger partial charge in [0.15, 0.2) is 17.4 Å². The number of ether oxygens (including phenoxy) is 1. The zero-order valence-electron chi connectivity index (χ0n) is 7.04. The van der Waals surface area contributed by atoms with Crippen LogP contribution in [0.25, 0.3) is 0 Å². The third kappa shape index (κ3) is 1.31. The summed E-state index contributed by atoms with van der Waals surface area (Å²) >= 11 is 0. The zero-order chi connectivity index (χ0) is 11.2. The molecule has 0 saturated heterocycles. The maximum atomic E-state index is 13.0. The molecular weight excluding hydrogens is 218 g/mol. The zero-order valence-corrected chi connectivity index (χ0v) is 7.04. The number of hydrogen-bond donors (Lipinski definition) is 1. The molecule has 0 aliphatic carbocycles. The Hall–Kier alpha value is -1.79. The van der Waals surface area contributed by atoms with Crippen molar-refractivity contribution in [3.8, 4) is 5.75 Å². The van der Waals surface area contributed by atoms with Gasteiger partial charge in [0.25, 0.3) is 0 Å². The standard InChI is InChI=1S/C8H3F4NO2/c9-3-4(10)6(12)8-7(5(3)11)13-1-2(14)15-8/h13H,1H2. The Balaban J connectivity index is 2.70. The summed E-state index contributed by atoms with van der Waals surface area (Å²) in [5.74, 6) is -9.17. The summed E-state index contributed by atoms with van der Waals surface area (Å²) in [7, 11) is 0. The lowest BCUT2D eigenvalue weighted by molar-refractivity contribution is -0.133. The number of fused-ring (bicyclic) bond motifs is 1. The van der Waals surface area contributed by atoms with Crippen LogP contribution < -0.4 is 10.1 Å². The number of benzene rings is 1. The van der Waals surface area contributed by atoms with Crippen LogP contribution in [-0.2, 0) is 4.79 Å². The molecule has 0 fully saturated rings. The molecule has 0 amide bonds. The Kier molecular flexibility index (Phi) is 2.02. The molecule has 0 radical (unpaired) electrons. The Morgan fingerprint density at radius 2 is 1.60 bits per heavy atom. The van der Waals surface area contributed by atoms with Gasteiger partial charge in [-0.15, -0.1) is 0 Å². The van der Waals surface area contributed by atoms with Crippen LogP contribution in [0.5, 0.6) is 5.75 Å². The number of carbonyl (C=O) groups is 1. The van der Waals surface area contributed by atoms with Gasteiger partial charge < -0.3 is 10.1 Å². The minimum absolute atomic E-state index is 0.436. The van der Waals surface area contributed by atoms with Crippen molar-refractivity contribution in [2.45, 2.75) is 0 Å². The summed E-state index contributed by atoms with van der Waals surface area (Å²) in [5.41, 5.74) is -0.689. The molecule has 7 heteroatoms. The van der Waals surface area contributed by atoms with E-state index in [9.17, 15) is 22.4 Å². The van der Waals surface area contributed by atoms with Crippen LogP contribution in [0.15, 0.2) is 0 Å². The van der Waals surface area contributed by atoms with Gasteiger partial charge in [0.1, 0.15) is 12.2 Å². The van der Waals surface area contributed by atoms with Gasteiger partial charge >= 0.3 is 5.97 Å². The van der Waals surface area contributed by atoms with Gasteiger partial charge in [-0.2, -0.15) is 4.39 Å². The second-order valence-electron chi connectivity index (χ2n) is 2.79. The Labute approximate surface area is 80.6 Å². The lowest BCUT2D eigenvalue weighted by Gasteiger charge is -2.18. The van der Waals surface area contributed by atoms with Crippen LogP contribution >= 0.6 is 0 Å². The van der Waals surface area contributed by atoms with Crippen molar-refractivity contribution in [1.29, 1.82) is 0 Å². The van der Waals surface area contributed by atoms with Gasteiger partial charge in [0.2, 0.25) is 11.6 Å². The Morgan fingerprint density at radius 3 is 2.27 bits per heavy atom. The molecule has 0 aromatic heterocycles. The highest BCUT2D eigenvalue weighted by Gasteiger charge is 2.30. The lowest BCUT2D eigenvalue weighted by Crippen LogP contribution is -2.27. The van der Waals surface area contributed by atoms with E-state index in [4.69, 9.17) is 0 Å². The maximum absolute atomic E-state index is 13.0. The smallest absolute Gasteiger partial charge is 0.330 e. The molecule has 80 valence electrons. The van der Waals surface area contributed by atoms with E-state index in [2.05, 4.69) is 10.1 Å². The average molecular weight is 221 g/mol. The number of nitrogens with one attached hydrogen (secondary N) is 1. The molecule has 1 aromatic carbocycles. The highest BCUT2D eigenvalue weighted by Crippen LogP contribution is 2.36. The Bertz CT molecular complexity index is 461. The molecule has 0 unspecified atom stereocenters. The fourth-order valence-electron chi connectivity index (χ4n) is 1.18. The highest BCUT2D eigenvalue weighted by atomic mass is 19.2. The molecule has 1 heterocycles. The first kappa shape index (κ1) is 9.75. The lowest BCUT2D eigenvalue weighted by atomic mass is 10.2. The molecule has 0 bridgehead atoms. The van der Waals surface area contributed by atoms with Crippen LogP contribution in [-0.4, -0.2) is 12.5 Å². The SMILES string of the molecule is O=C1CNc2c(F)c(F)c(F)c(F)c2O1. The number of anilines is 1. The van der Waals surface area contributed by atoms with Crippen LogP contribution in [0, 0.1) is 23.3 Å². The maximum Gasteiger partial charge on any atom is 0.330 e. The largest absolute Gasteiger partial charge is 0.420 e. The van der Waals surface area contributed by atoms with Crippen LogP contribution in [0.1, 0.15) is 0 Å². The molecule has 0 saturated carbocycles. The molecule has 1 aromatic rings. The quantitative estimate of drug-likeness (QED) is 0.237. The summed E-state index contributed by atoms with van der Waals surface area (Å²) < 4.78 is 55.7. The van der Waals surface area contributed by atoms with Gasteiger partial charge in [-0.05, 0) is 0 Å². The third-order valence-corrected chi connectivity index (χ3v) is 1.85. The average Bonchev–Trinajstić information content (AvgIpc) is 2.23. The molecule has 15 heavy (non-hydrogen) atoms. The van der Waals surface area contributed by atoms with Gasteiger partial charge in [0, 0.05) is 0 Å². The van der Waals surface area contributed by atoms with Gasteiger partial charge in [-0.3, -0.25) is 0 Å². The summed E-state index contributed by atoms with van der Waals surface area (Å²) in [5, 5.41) is 2.09. The molecule has 1 aliphatic heterocycles. The molecule has 2 rings (SSSR count). The van der Waals surface area contributed by atoms with E-state index in [0.29, 0.717) is 0 Å². The highest BCUT2D eigenvalue weighted by molar-refractivity contribution is 5.83. The van der Waals surface area contributed by atoms with E-state index < -0.39 is 47.2 Å². The fraction of sp³-hybridized carbons (Fsp3) is 0.125. The molecule has 1 aliphatic rings. The third-order valence-electron chi connectivity index (χ3n) is 1.85. The molecule has 3 nitrogen and oxygen atoms in total. The minimum atomic E-state index is -2.01. The van der Waals surface area contributed by atoms with Crippen molar-refractivity contribution < 1.29 is 27.1 Å². The van der Waals surface area contributed by atoms with Crippen molar-refractivity contribution in [2.75, 3.05) is 11.9 Å². The predicted molar refractivity (Wildman–Crippen MR) is 40.4 cm³/mol. The summed E-state index contributed by atoms with van der Waals surface area (Å²) in [6.07, 6.45) is 0. The Morgan fingerprint density at radius 1 is 1.00 bits per heavy atom. The molecule has 0 spiro atoms. The van der Waals surface area contributed by atoms with E-state index in [1.807, 2.05) is 0 Å². The van der Waals surface area contributed by atoms with Gasteiger partial charge in [0.05, 0.1) is 0 Å². The van der Waals surface area contributed by atoms with Gasteiger partial charge in [-0.1, -0.05) is 0 Å². The predicted octanol–water partition coefficient (Wildman–Crippen LogP) is 1.57. The van der Waals surface area contributed by atoms with Crippen molar-refractivity contribution in [2.24, 2.45) is 0 Å². The number of halogens is 4. The normalized spacial score (nSPS) is 14.3. The van der Waals surface area contributed by atoms with Crippen LogP contribution in [0.3, 0.4) is 0 Å². The van der Waals surface area contributed by atoms with Gasteiger partial charge in [-0.25, -0.2) is 18.0 Å². The summed E-state index contributed by atoms with van der Waals surface area (Å²) in [6, 6.07) is 0. The van der Waals surface area contributed by atoms with Crippen LogP contribution in [0.2, 0.25) is 0 Å². The molecular formula is C8H3F4NO2. The topological polar surface area (TPSA) is 38.3 Å². The van der Waals surface area contributed by atoms with Crippen molar-refractivity contribution in [3.63, 3.8) is 0 Å². The first-order valence-electron chi connectivity index (χ1n) is 3.83. The molecule has 0 atom stereocenters. The monoisotopic (exact) mass is 221 g/mol. The van der Waals surface area contributed by atoms with E-state index in [1.54, 1.807) is 0 Å².